The van der Waals surface area contributed by atoms with E-state index >= 15 is 0 Å². The molecule has 1 unspecified atom stereocenters. The first-order chi connectivity index (χ1) is 10.0. The van der Waals surface area contributed by atoms with Crippen molar-refractivity contribution in [1.82, 2.24) is 5.32 Å². The van der Waals surface area contributed by atoms with Crippen LogP contribution in [0.5, 0.6) is 11.5 Å². The lowest BCUT2D eigenvalue weighted by Gasteiger charge is -2.12. The lowest BCUT2D eigenvalue weighted by atomic mass is 10.1. The van der Waals surface area contributed by atoms with Gasteiger partial charge in [0.25, 0.3) is 0 Å². The number of rotatable bonds is 5. The molecule has 0 fully saturated rings. The van der Waals surface area contributed by atoms with Crippen LogP contribution in [-0.4, -0.2) is 12.0 Å². The summed E-state index contributed by atoms with van der Waals surface area (Å²) in [6.45, 7) is 2.05. The molecule has 1 N–H and O–H groups in total. The maximum Gasteiger partial charge on any atom is 0.312 e. The van der Waals surface area contributed by atoms with Crippen molar-refractivity contribution in [3.63, 3.8) is 0 Å². The second kappa shape index (κ2) is 6.69. The average molecular weight is 351 g/mol. The Morgan fingerprint density at radius 3 is 2.48 bits per heavy atom. The third kappa shape index (κ3) is 3.59. The molecule has 0 amide bonds. The molecule has 0 aliphatic carbocycles. The molecule has 2 aromatic rings. The summed E-state index contributed by atoms with van der Waals surface area (Å²) < 4.78 is 6.21. The zero-order chi connectivity index (χ0) is 15.4. The van der Waals surface area contributed by atoms with Crippen molar-refractivity contribution in [2.24, 2.45) is 0 Å². The lowest BCUT2D eigenvalue weighted by Crippen LogP contribution is -2.11. The molecule has 0 heterocycles. The summed E-state index contributed by atoms with van der Waals surface area (Å²) in [7, 11) is 1.89. The van der Waals surface area contributed by atoms with Gasteiger partial charge in [0, 0.05) is 12.1 Å². The number of para-hydroxylation sites is 1. The zero-order valence-electron chi connectivity index (χ0n) is 11.7. The minimum atomic E-state index is -0.461. The largest absolute Gasteiger partial charge is 0.449 e. The molecule has 110 valence electrons. The van der Waals surface area contributed by atoms with Crippen molar-refractivity contribution >= 4 is 21.6 Å². The first-order valence-electron chi connectivity index (χ1n) is 6.41. The fourth-order valence-electron chi connectivity index (χ4n) is 1.85. The monoisotopic (exact) mass is 350 g/mol. The fraction of sp³-hybridized carbons (Fsp3) is 0.200. The van der Waals surface area contributed by atoms with E-state index in [2.05, 4.69) is 28.2 Å². The van der Waals surface area contributed by atoms with Gasteiger partial charge >= 0.3 is 5.69 Å². The van der Waals surface area contributed by atoms with E-state index in [1.165, 1.54) is 6.07 Å². The van der Waals surface area contributed by atoms with Crippen LogP contribution in [0.25, 0.3) is 0 Å². The number of nitro benzene ring substituents is 1. The Kier molecular flexibility index (Phi) is 4.93. The first kappa shape index (κ1) is 15.5. The second-order valence-corrected chi connectivity index (χ2v) is 5.38. The summed E-state index contributed by atoms with van der Waals surface area (Å²) in [4.78, 5) is 10.6. The molecular formula is C15H15BrN2O3. The highest BCUT2D eigenvalue weighted by atomic mass is 79.9. The number of nitrogens with zero attached hydrogens (tertiary/aromatic N) is 1. The number of benzene rings is 2. The van der Waals surface area contributed by atoms with Crippen molar-refractivity contribution in [2.75, 3.05) is 7.05 Å². The van der Waals surface area contributed by atoms with E-state index in [0.717, 1.165) is 5.56 Å². The number of hydrogen-bond acceptors (Lipinski definition) is 4. The van der Waals surface area contributed by atoms with E-state index in [-0.39, 0.29) is 17.5 Å². The van der Waals surface area contributed by atoms with E-state index in [9.17, 15) is 10.1 Å². The first-order valence-corrected chi connectivity index (χ1v) is 7.20. The van der Waals surface area contributed by atoms with Crippen molar-refractivity contribution in [3.05, 3.63) is 62.6 Å². The SMILES string of the molecule is CNC(C)c1ccc(Oc2c(Br)cccc2[N+](=O)[O-])cc1. The molecule has 0 radical (unpaired) electrons. The molecule has 1 atom stereocenters. The van der Waals surface area contributed by atoms with Gasteiger partial charge in [-0.15, -0.1) is 0 Å². The summed E-state index contributed by atoms with van der Waals surface area (Å²) in [5.41, 5.74) is 1.04. The number of nitrogens with one attached hydrogen (secondary N) is 1. The van der Waals surface area contributed by atoms with E-state index in [1.807, 2.05) is 19.2 Å². The molecule has 0 aromatic heterocycles. The Morgan fingerprint density at radius 2 is 1.90 bits per heavy atom. The lowest BCUT2D eigenvalue weighted by molar-refractivity contribution is -0.385. The van der Waals surface area contributed by atoms with Crippen LogP contribution in [0.4, 0.5) is 5.69 Å². The van der Waals surface area contributed by atoms with Gasteiger partial charge in [0.1, 0.15) is 5.75 Å². The predicted octanol–water partition coefficient (Wildman–Crippen LogP) is 4.43. The Morgan fingerprint density at radius 1 is 1.24 bits per heavy atom. The summed E-state index contributed by atoms with van der Waals surface area (Å²) in [6, 6.07) is 12.4. The van der Waals surface area contributed by atoms with Crippen LogP contribution >= 0.6 is 15.9 Å². The molecule has 0 spiro atoms. The molecule has 0 aliphatic rings. The van der Waals surface area contributed by atoms with E-state index in [4.69, 9.17) is 4.74 Å². The number of hydrogen-bond donors (Lipinski definition) is 1. The highest BCUT2D eigenvalue weighted by Gasteiger charge is 2.18. The quantitative estimate of drug-likeness (QED) is 0.639. The van der Waals surface area contributed by atoms with Crippen molar-refractivity contribution < 1.29 is 9.66 Å². The van der Waals surface area contributed by atoms with Gasteiger partial charge in [-0.3, -0.25) is 10.1 Å². The molecule has 2 rings (SSSR count). The van der Waals surface area contributed by atoms with Crippen LogP contribution in [0.3, 0.4) is 0 Å². The summed E-state index contributed by atoms with van der Waals surface area (Å²) >= 11 is 3.28. The van der Waals surface area contributed by atoms with Gasteiger partial charge in [0.15, 0.2) is 0 Å². The predicted molar refractivity (Wildman–Crippen MR) is 84.8 cm³/mol. The van der Waals surface area contributed by atoms with Crippen LogP contribution in [-0.2, 0) is 0 Å². The highest BCUT2D eigenvalue weighted by Crippen LogP contribution is 2.38. The van der Waals surface area contributed by atoms with Crippen LogP contribution in [0, 0.1) is 10.1 Å². The van der Waals surface area contributed by atoms with Gasteiger partial charge in [-0.05, 0) is 53.7 Å². The summed E-state index contributed by atoms with van der Waals surface area (Å²) in [6.07, 6.45) is 0. The van der Waals surface area contributed by atoms with Crippen molar-refractivity contribution in [1.29, 1.82) is 0 Å². The topological polar surface area (TPSA) is 64.4 Å². The highest BCUT2D eigenvalue weighted by molar-refractivity contribution is 9.10. The Labute approximate surface area is 131 Å². The molecule has 2 aromatic carbocycles. The third-order valence-electron chi connectivity index (χ3n) is 3.18. The van der Waals surface area contributed by atoms with Gasteiger partial charge < -0.3 is 10.1 Å². The van der Waals surface area contributed by atoms with Crippen LogP contribution in [0.1, 0.15) is 18.5 Å². The Bertz CT molecular complexity index is 644. The van der Waals surface area contributed by atoms with Crippen LogP contribution in [0.15, 0.2) is 46.9 Å². The van der Waals surface area contributed by atoms with E-state index in [1.54, 1.807) is 24.3 Å². The number of ether oxygens (including phenoxy) is 1. The van der Waals surface area contributed by atoms with Gasteiger partial charge in [0.05, 0.1) is 9.40 Å². The smallest absolute Gasteiger partial charge is 0.312 e. The molecule has 0 aliphatic heterocycles. The van der Waals surface area contributed by atoms with Gasteiger partial charge in [-0.25, -0.2) is 0 Å². The summed E-state index contributed by atoms with van der Waals surface area (Å²) in [5, 5.41) is 14.2. The van der Waals surface area contributed by atoms with Crippen molar-refractivity contribution in [2.45, 2.75) is 13.0 Å². The van der Waals surface area contributed by atoms with Crippen molar-refractivity contribution in [3.8, 4) is 11.5 Å². The summed E-state index contributed by atoms with van der Waals surface area (Å²) in [5.74, 6) is 0.758. The maximum absolute atomic E-state index is 11.0. The maximum atomic E-state index is 11.0. The third-order valence-corrected chi connectivity index (χ3v) is 3.80. The standard InChI is InChI=1S/C15H15BrN2O3/c1-10(17-2)11-6-8-12(9-7-11)21-15-13(16)4-3-5-14(15)18(19)20/h3-10,17H,1-2H3. The van der Waals surface area contributed by atoms with Gasteiger partial charge in [-0.1, -0.05) is 18.2 Å². The second-order valence-electron chi connectivity index (χ2n) is 4.53. The minimum absolute atomic E-state index is 0.0722. The minimum Gasteiger partial charge on any atom is -0.449 e. The van der Waals surface area contributed by atoms with Crippen LogP contribution < -0.4 is 10.1 Å². The molecule has 5 nitrogen and oxygen atoms in total. The normalized spacial score (nSPS) is 12.0. The number of halogens is 1. The molecule has 21 heavy (non-hydrogen) atoms. The van der Waals surface area contributed by atoms with Crippen LogP contribution in [0.2, 0.25) is 0 Å². The van der Waals surface area contributed by atoms with E-state index in [0.29, 0.717) is 10.2 Å². The molecular weight excluding hydrogens is 336 g/mol. The van der Waals surface area contributed by atoms with Gasteiger partial charge in [-0.2, -0.15) is 0 Å². The zero-order valence-corrected chi connectivity index (χ0v) is 13.3. The molecule has 0 bridgehead atoms. The molecule has 0 saturated heterocycles. The Balaban J connectivity index is 2.28. The molecule has 6 heteroatoms. The van der Waals surface area contributed by atoms with Gasteiger partial charge in [0.2, 0.25) is 5.75 Å². The molecule has 0 saturated carbocycles. The fourth-order valence-corrected chi connectivity index (χ4v) is 2.29. The Hall–Kier alpha value is -1.92. The number of nitro groups is 1. The van der Waals surface area contributed by atoms with E-state index < -0.39 is 4.92 Å². The average Bonchev–Trinajstić information content (AvgIpc) is 2.49.